The van der Waals surface area contributed by atoms with E-state index >= 15 is 0 Å². The summed E-state index contributed by atoms with van der Waals surface area (Å²) in [5.74, 6) is 1.67. The van der Waals surface area contributed by atoms with Gasteiger partial charge in [0, 0.05) is 25.2 Å². The molecule has 1 saturated heterocycles. The van der Waals surface area contributed by atoms with Gasteiger partial charge in [0.2, 0.25) is 0 Å². The Morgan fingerprint density at radius 1 is 1.19 bits per heavy atom. The first kappa shape index (κ1) is 14.0. The largest absolute Gasteiger partial charge is 0.329 e. The highest BCUT2D eigenvalue weighted by atomic mass is 15.2. The van der Waals surface area contributed by atoms with Crippen molar-refractivity contribution in [2.45, 2.75) is 58.9 Å². The lowest BCUT2D eigenvalue weighted by Crippen LogP contribution is -2.52. The highest BCUT2D eigenvalue weighted by Gasteiger charge is 2.39. The van der Waals surface area contributed by atoms with Crippen LogP contribution in [0.5, 0.6) is 0 Å². The topological polar surface area (TPSA) is 29.3 Å². The maximum absolute atomic E-state index is 6.09. The number of unbranched alkanes of at least 4 members (excludes halogenated alkanes) is 1. The van der Waals surface area contributed by atoms with Crippen LogP contribution in [0.25, 0.3) is 0 Å². The van der Waals surface area contributed by atoms with Crippen LogP contribution < -0.4 is 5.73 Å². The molecule has 1 rings (SSSR count). The first-order valence-corrected chi connectivity index (χ1v) is 7.04. The minimum atomic E-state index is 0.287. The van der Waals surface area contributed by atoms with Crippen LogP contribution in [0, 0.1) is 11.8 Å². The van der Waals surface area contributed by atoms with Gasteiger partial charge < -0.3 is 5.73 Å². The van der Waals surface area contributed by atoms with Gasteiger partial charge in [0.1, 0.15) is 0 Å². The summed E-state index contributed by atoms with van der Waals surface area (Å²) in [5.41, 5.74) is 6.37. The van der Waals surface area contributed by atoms with E-state index in [0.29, 0.717) is 0 Å². The van der Waals surface area contributed by atoms with Gasteiger partial charge in [0.25, 0.3) is 0 Å². The minimum absolute atomic E-state index is 0.287. The number of hydrogen-bond donors (Lipinski definition) is 1. The van der Waals surface area contributed by atoms with Crippen LogP contribution in [0.2, 0.25) is 0 Å². The molecule has 2 heteroatoms. The Labute approximate surface area is 102 Å². The van der Waals surface area contributed by atoms with Crippen LogP contribution in [0.15, 0.2) is 0 Å². The highest BCUT2D eigenvalue weighted by molar-refractivity contribution is 4.95. The fraction of sp³-hybridized carbons (Fsp3) is 1.00. The van der Waals surface area contributed by atoms with Gasteiger partial charge in [0.05, 0.1) is 0 Å². The molecule has 0 saturated carbocycles. The molecule has 0 spiro atoms. The molecule has 0 amide bonds. The Morgan fingerprint density at radius 2 is 1.75 bits per heavy atom. The monoisotopic (exact) mass is 226 g/mol. The van der Waals surface area contributed by atoms with Crippen molar-refractivity contribution >= 4 is 0 Å². The Bertz CT molecular complexity index is 189. The number of nitrogens with two attached hydrogens (primary N) is 1. The Balaban J connectivity index is 2.69. The number of likely N-dealkylation sites (tertiary alicyclic amines) is 1. The maximum Gasteiger partial charge on any atom is 0.0329 e. The second-order valence-electron chi connectivity index (χ2n) is 5.75. The molecular weight excluding hydrogens is 196 g/mol. The van der Waals surface area contributed by atoms with E-state index in [9.17, 15) is 0 Å². The summed E-state index contributed by atoms with van der Waals surface area (Å²) >= 11 is 0. The van der Waals surface area contributed by atoms with Crippen molar-refractivity contribution < 1.29 is 0 Å². The predicted molar refractivity (Wildman–Crippen MR) is 71.5 cm³/mol. The first-order valence-electron chi connectivity index (χ1n) is 7.04. The summed E-state index contributed by atoms with van der Waals surface area (Å²) in [6.07, 6.45) is 5.06. The zero-order valence-electron chi connectivity index (χ0n) is 11.6. The fourth-order valence-corrected chi connectivity index (χ4v) is 2.96. The third-order valence-corrected chi connectivity index (χ3v) is 4.69. The number of rotatable bonds is 6. The van der Waals surface area contributed by atoms with Crippen LogP contribution in [-0.2, 0) is 0 Å². The number of nitrogens with zero attached hydrogens (tertiary/aromatic N) is 1. The zero-order valence-corrected chi connectivity index (χ0v) is 11.6. The van der Waals surface area contributed by atoms with E-state index in [4.69, 9.17) is 5.73 Å². The zero-order chi connectivity index (χ0) is 12.2. The smallest absolute Gasteiger partial charge is 0.0329 e. The van der Waals surface area contributed by atoms with Crippen molar-refractivity contribution in [2.75, 3.05) is 19.6 Å². The molecule has 3 atom stereocenters. The second kappa shape index (κ2) is 6.02. The fourth-order valence-electron chi connectivity index (χ4n) is 2.96. The molecule has 2 N–H and O–H groups in total. The summed E-state index contributed by atoms with van der Waals surface area (Å²) in [6.45, 7) is 12.6. The van der Waals surface area contributed by atoms with Crippen LogP contribution in [0.1, 0.15) is 53.4 Å². The van der Waals surface area contributed by atoms with E-state index < -0.39 is 0 Å². The van der Waals surface area contributed by atoms with Crippen molar-refractivity contribution in [3.63, 3.8) is 0 Å². The lowest BCUT2D eigenvalue weighted by Gasteiger charge is -2.41. The third-order valence-electron chi connectivity index (χ3n) is 4.69. The van der Waals surface area contributed by atoms with Gasteiger partial charge in [-0.05, 0) is 24.7 Å². The van der Waals surface area contributed by atoms with Gasteiger partial charge in [0.15, 0.2) is 0 Å². The van der Waals surface area contributed by atoms with Crippen LogP contribution in [0.4, 0.5) is 0 Å². The molecular formula is C14H30N2. The summed E-state index contributed by atoms with van der Waals surface area (Å²) in [6, 6.07) is 0. The van der Waals surface area contributed by atoms with Crippen molar-refractivity contribution in [1.29, 1.82) is 0 Å². The maximum atomic E-state index is 6.09. The number of hydrogen-bond acceptors (Lipinski definition) is 2. The molecule has 1 aliphatic rings. The normalized spacial score (nSPS) is 30.6. The molecule has 0 aliphatic carbocycles. The van der Waals surface area contributed by atoms with Gasteiger partial charge in [-0.2, -0.15) is 0 Å². The molecule has 0 aromatic carbocycles. The highest BCUT2D eigenvalue weighted by Crippen LogP contribution is 2.33. The first-order chi connectivity index (χ1) is 7.59. The van der Waals surface area contributed by atoms with Gasteiger partial charge in [-0.25, -0.2) is 0 Å². The molecule has 16 heavy (non-hydrogen) atoms. The van der Waals surface area contributed by atoms with E-state index in [1.807, 2.05) is 0 Å². The lowest BCUT2D eigenvalue weighted by molar-refractivity contribution is 0.0995. The Morgan fingerprint density at radius 3 is 2.12 bits per heavy atom. The summed E-state index contributed by atoms with van der Waals surface area (Å²) < 4.78 is 0. The molecule has 0 radical (unpaired) electrons. The van der Waals surface area contributed by atoms with Crippen molar-refractivity contribution in [1.82, 2.24) is 4.90 Å². The Kier molecular flexibility index (Phi) is 5.26. The molecule has 1 fully saturated rings. The Hall–Kier alpha value is -0.0800. The van der Waals surface area contributed by atoms with Gasteiger partial charge >= 0.3 is 0 Å². The summed E-state index contributed by atoms with van der Waals surface area (Å²) in [5, 5.41) is 0. The van der Waals surface area contributed by atoms with Gasteiger partial charge in [-0.1, -0.05) is 40.5 Å². The van der Waals surface area contributed by atoms with Crippen LogP contribution in [0.3, 0.4) is 0 Å². The average Bonchev–Trinajstić information content (AvgIpc) is 2.62. The molecule has 2 nitrogen and oxygen atoms in total. The molecule has 0 aromatic heterocycles. The second-order valence-corrected chi connectivity index (χ2v) is 5.75. The van der Waals surface area contributed by atoms with Crippen molar-refractivity contribution in [3.05, 3.63) is 0 Å². The molecule has 0 aromatic rings. The minimum Gasteiger partial charge on any atom is -0.329 e. The SMILES string of the molecule is CCCCC(CC)(CN)N1CC(C)C(C)C1. The van der Waals surface area contributed by atoms with Gasteiger partial charge in [-0.15, -0.1) is 0 Å². The van der Waals surface area contributed by atoms with Crippen LogP contribution >= 0.6 is 0 Å². The van der Waals surface area contributed by atoms with E-state index in [1.165, 1.54) is 38.8 Å². The van der Waals surface area contributed by atoms with Crippen molar-refractivity contribution in [3.8, 4) is 0 Å². The molecule has 1 heterocycles. The molecule has 3 unspecified atom stereocenters. The van der Waals surface area contributed by atoms with Crippen molar-refractivity contribution in [2.24, 2.45) is 17.6 Å². The third kappa shape index (κ3) is 2.78. The van der Waals surface area contributed by atoms with E-state index in [0.717, 1.165) is 18.4 Å². The average molecular weight is 226 g/mol. The van der Waals surface area contributed by atoms with E-state index in [1.54, 1.807) is 0 Å². The summed E-state index contributed by atoms with van der Waals surface area (Å²) in [4.78, 5) is 2.68. The summed E-state index contributed by atoms with van der Waals surface area (Å²) in [7, 11) is 0. The van der Waals surface area contributed by atoms with E-state index in [2.05, 4.69) is 32.6 Å². The van der Waals surface area contributed by atoms with E-state index in [-0.39, 0.29) is 5.54 Å². The molecule has 1 aliphatic heterocycles. The van der Waals surface area contributed by atoms with Crippen LogP contribution in [-0.4, -0.2) is 30.1 Å². The predicted octanol–water partition coefficient (Wildman–Crippen LogP) is 2.87. The lowest BCUT2D eigenvalue weighted by atomic mass is 9.88. The standard InChI is InChI=1S/C14H30N2/c1-5-7-8-14(6-2,11-15)16-9-12(3)13(4)10-16/h12-13H,5-11,15H2,1-4H3. The quantitative estimate of drug-likeness (QED) is 0.754. The van der Waals surface area contributed by atoms with Gasteiger partial charge in [-0.3, -0.25) is 4.90 Å². The molecule has 0 bridgehead atoms. The molecule has 96 valence electrons.